The molecule has 1 aromatic rings. The van der Waals surface area contributed by atoms with Gasteiger partial charge in [0.15, 0.2) is 0 Å². The van der Waals surface area contributed by atoms with Gasteiger partial charge in [0.25, 0.3) is 0 Å². The summed E-state index contributed by atoms with van der Waals surface area (Å²) in [5, 5.41) is 18.7. The zero-order valence-corrected chi connectivity index (χ0v) is 8.86. The van der Waals surface area contributed by atoms with Crippen LogP contribution in [0, 0.1) is 0 Å². The van der Waals surface area contributed by atoms with Gasteiger partial charge in [-0.1, -0.05) is 6.07 Å². The Morgan fingerprint density at radius 2 is 2.00 bits per heavy atom. The Kier molecular flexibility index (Phi) is 2.32. The number of benzene rings is 1. The lowest BCUT2D eigenvalue weighted by atomic mass is 10.1. The van der Waals surface area contributed by atoms with Crippen LogP contribution in [0.1, 0.15) is 15.9 Å². The van der Waals surface area contributed by atoms with Gasteiger partial charge in [0.2, 0.25) is 9.84 Å². The van der Waals surface area contributed by atoms with E-state index in [2.05, 4.69) is 0 Å². The van der Waals surface area contributed by atoms with Crippen LogP contribution < -0.4 is 0 Å². The number of fused-ring (bicyclic) bond motifs is 1. The molecule has 2 N–H and O–H groups in total. The first-order valence-corrected chi connectivity index (χ1v) is 5.94. The summed E-state index contributed by atoms with van der Waals surface area (Å²) in [4.78, 5) is 10.6. The number of carboxylic acid groups (broad SMARTS) is 1. The number of carboxylic acids is 1. The summed E-state index contributed by atoms with van der Waals surface area (Å²) >= 11 is 0. The van der Waals surface area contributed by atoms with Gasteiger partial charge in [-0.25, -0.2) is 13.2 Å². The van der Waals surface area contributed by atoms with Crippen LogP contribution in [0.15, 0.2) is 28.5 Å². The van der Waals surface area contributed by atoms with Gasteiger partial charge in [0, 0.05) is 5.41 Å². The first-order chi connectivity index (χ1) is 7.45. The van der Waals surface area contributed by atoms with Crippen molar-refractivity contribution in [1.29, 1.82) is 0 Å². The molecule has 84 valence electrons. The van der Waals surface area contributed by atoms with E-state index in [1.165, 1.54) is 12.1 Å². The Hall–Kier alpha value is -1.66. The Morgan fingerprint density at radius 3 is 2.56 bits per heavy atom. The minimum absolute atomic E-state index is 0.0588. The van der Waals surface area contributed by atoms with Crippen molar-refractivity contribution in [3.63, 3.8) is 0 Å². The lowest BCUT2D eigenvalue weighted by Crippen LogP contribution is -2.00. The number of rotatable bonds is 2. The molecular formula is C10H8O5S. The maximum Gasteiger partial charge on any atom is 0.335 e. The first-order valence-electron chi connectivity index (χ1n) is 4.40. The highest BCUT2D eigenvalue weighted by molar-refractivity contribution is 7.95. The zero-order chi connectivity index (χ0) is 11.9. The van der Waals surface area contributed by atoms with E-state index in [1.807, 2.05) is 0 Å². The molecule has 2 rings (SSSR count). The second-order valence-corrected chi connectivity index (χ2v) is 5.13. The van der Waals surface area contributed by atoms with E-state index in [4.69, 9.17) is 10.2 Å². The van der Waals surface area contributed by atoms with E-state index >= 15 is 0 Å². The van der Waals surface area contributed by atoms with Crippen LogP contribution in [0.2, 0.25) is 0 Å². The largest absolute Gasteiger partial charge is 0.478 e. The maximum atomic E-state index is 11.6. The van der Waals surface area contributed by atoms with Crippen molar-refractivity contribution in [2.75, 3.05) is 6.61 Å². The molecule has 16 heavy (non-hydrogen) atoms. The number of sulfone groups is 1. The van der Waals surface area contributed by atoms with Gasteiger partial charge in [-0.15, -0.1) is 0 Å². The molecule has 0 amide bonds. The fourth-order valence-corrected chi connectivity index (χ4v) is 3.09. The van der Waals surface area contributed by atoms with Gasteiger partial charge in [-0.2, -0.15) is 0 Å². The third-order valence-corrected chi connectivity index (χ3v) is 3.89. The van der Waals surface area contributed by atoms with E-state index in [1.54, 1.807) is 0 Å². The fraction of sp³-hybridized carbons (Fsp3) is 0.100. The molecule has 0 spiro atoms. The lowest BCUT2D eigenvalue weighted by Gasteiger charge is -2.02. The van der Waals surface area contributed by atoms with Crippen molar-refractivity contribution >= 4 is 21.4 Å². The van der Waals surface area contributed by atoms with Gasteiger partial charge in [-0.05, 0) is 23.3 Å². The van der Waals surface area contributed by atoms with Crippen LogP contribution in [0.3, 0.4) is 0 Å². The van der Waals surface area contributed by atoms with Crippen LogP contribution in [0.4, 0.5) is 0 Å². The van der Waals surface area contributed by atoms with Gasteiger partial charge in [-0.3, -0.25) is 0 Å². The summed E-state index contributed by atoms with van der Waals surface area (Å²) < 4.78 is 23.2. The predicted molar refractivity (Wildman–Crippen MR) is 55.6 cm³/mol. The van der Waals surface area contributed by atoms with Crippen LogP contribution in [-0.2, 0) is 9.84 Å². The molecule has 1 aliphatic rings. The number of hydrogen-bond donors (Lipinski definition) is 2. The smallest absolute Gasteiger partial charge is 0.335 e. The van der Waals surface area contributed by atoms with E-state index in [0.717, 1.165) is 11.5 Å². The summed E-state index contributed by atoms with van der Waals surface area (Å²) in [6.45, 7) is -0.390. The van der Waals surface area contributed by atoms with Gasteiger partial charge < -0.3 is 10.2 Å². The Bertz CT molecular complexity index is 598. The van der Waals surface area contributed by atoms with Gasteiger partial charge >= 0.3 is 5.97 Å². The summed E-state index contributed by atoms with van der Waals surface area (Å²) in [6.07, 6.45) is 0. The summed E-state index contributed by atoms with van der Waals surface area (Å²) in [7, 11) is -3.61. The molecule has 0 unspecified atom stereocenters. The molecule has 0 bridgehead atoms. The van der Waals surface area contributed by atoms with Crippen molar-refractivity contribution in [2.24, 2.45) is 0 Å². The number of aliphatic hydroxyl groups is 1. The van der Waals surface area contributed by atoms with E-state index < -0.39 is 22.4 Å². The molecule has 0 fully saturated rings. The summed E-state index contributed by atoms with van der Waals surface area (Å²) in [6, 6.07) is 3.81. The predicted octanol–water partition coefficient (Wildman–Crippen LogP) is 0.505. The van der Waals surface area contributed by atoms with Crippen molar-refractivity contribution in [3.8, 4) is 0 Å². The molecule has 0 saturated carbocycles. The second kappa shape index (κ2) is 3.43. The van der Waals surface area contributed by atoms with Crippen molar-refractivity contribution < 1.29 is 23.4 Å². The van der Waals surface area contributed by atoms with Crippen molar-refractivity contribution in [1.82, 2.24) is 0 Å². The Morgan fingerprint density at radius 1 is 1.31 bits per heavy atom. The average molecular weight is 240 g/mol. The third-order valence-electron chi connectivity index (χ3n) is 2.35. The number of aromatic carboxylic acids is 1. The molecule has 0 atom stereocenters. The monoisotopic (exact) mass is 240 g/mol. The summed E-state index contributed by atoms with van der Waals surface area (Å²) in [5.74, 6) is -1.18. The van der Waals surface area contributed by atoms with Gasteiger partial charge in [0.1, 0.15) is 0 Å². The molecule has 0 saturated heterocycles. The van der Waals surface area contributed by atoms with E-state index in [9.17, 15) is 13.2 Å². The Labute approximate surface area is 91.6 Å². The van der Waals surface area contributed by atoms with E-state index in [0.29, 0.717) is 5.56 Å². The van der Waals surface area contributed by atoms with Crippen LogP contribution in [-0.4, -0.2) is 31.2 Å². The quantitative estimate of drug-likeness (QED) is 0.785. The minimum Gasteiger partial charge on any atom is -0.478 e. The average Bonchev–Trinajstić information content (AvgIpc) is 2.50. The van der Waals surface area contributed by atoms with E-state index in [-0.39, 0.29) is 16.0 Å². The topological polar surface area (TPSA) is 91.7 Å². The highest BCUT2D eigenvalue weighted by Gasteiger charge is 2.27. The molecule has 0 aromatic heterocycles. The van der Waals surface area contributed by atoms with Crippen LogP contribution >= 0.6 is 0 Å². The lowest BCUT2D eigenvalue weighted by molar-refractivity contribution is 0.0696. The molecule has 6 heteroatoms. The molecule has 0 aliphatic carbocycles. The number of hydrogen-bond acceptors (Lipinski definition) is 4. The normalized spacial score (nSPS) is 16.7. The molecule has 1 aliphatic heterocycles. The maximum absolute atomic E-state index is 11.6. The SMILES string of the molecule is O=C(O)c1ccc2c(c1)S(=O)(=O)C=C2CO. The van der Waals surface area contributed by atoms with Gasteiger partial charge in [0.05, 0.1) is 17.1 Å². The fourth-order valence-electron chi connectivity index (χ4n) is 1.59. The standard InChI is InChI=1S/C10H8O5S/c11-4-7-5-16(14,15)9-3-6(10(12)13)1-2-8(7)9/h1-3,5,11H,4H2,(H,12,13). The van der Waals surface area contributed by atoms with Crippen molar-refractivity contribution in [2.45, 2.75) is 4.90 Å². The molecular weight excluding hydrogens is 232 g/mol. The minimum atomic E-state index is -3.61. The summed E-state index contributed by atoms with van der Waals surface area (Å²) in [5.41, 5.74) is 0.564. The van der Waals surface area contributed by atoms with Crippen LogP contribution in [0.25, 0.3) is 5.57 Å². The molecule has 0 radical (unpaired) electrons. The van der Waals surface area contributed by atoms with Crippen LogP contribution in [0.5, 0.6) is 0 Å². The third kappa shape index (κ3) is 1.52. The Balaban J connectivity index is 2.69. The molecule has 5 nitrogen and oxygen atoms in total. The highest BCUT2D eigenvalue weighted by Crippen LogP contribution is 2.33. The van der Waals surface area contributed by atoms with Crippen molar-refractivity contribution in [3.05, 3.63) is 34.7 Å². The molecule has 1 heterocycles. The second-order valence-electron chi connectivity index (χ2n) is 3.36. The number of aliphatic hydroxyl groups excluding tert-OH is 1. The number of carbonyl (C=O) groups is 1. The first kappa shape index (κ1) is 10.8. The molecule has 1 aromatic carbocycles. The highest BCUT2D eigenvalue weighted by atomic mass is 32.2. The zero-order valence-electron chi connectivity index (χ0n) is 8.04.